The molecule has 8 nitrogen and oxygen atoms in total. The zero-order valence-corrected chi connectivity index (χ0v) is 17.8. The van der Waals surface area contributed by atoms with Gasteiger partial charge in [-0.05, 0) is 43.3 Å². The van der Waals surface area contributed by atoms with Crippen molar-refractivity contribution in [2.24, 2.45) is 23.2 Å². The quantitative estimate of drug-likeness (QED) is 0.396. The van der Waals surface area contributed by atoms with Crippen molar-refractivity contribution in [3.05, 3.63) is 6.33 Å². The highest BCUT2D eigenvalue weighted by Gasteiger charge is 2.71. The first-order valence-corrected chi connectivity index (χ1v) is 11.7. The molecule has 2 aromatic rings. The molecule has 0 spiro atoms. The lowest BCUT2D eigenvalue weighted by Gasteiger charge is -2.24. The number of nitrogens with zero attached hydrogens (tertiary/aromatic N) is 4. The number of aromatic nitrogens is 4. The van der Waals surface area contributed by atoms with Crippen molar-refractivity contribution in [1.82, 2.24) is 19.5 Å². The number of aliphatic hydroxyl groups is 3. The Morgan fingerprint density at radius 3 is 2.66 bits per heavy atom. The number of thioether (sulfide) groups is 1. The topological polar surface area (TPSA) is 116 Å². The van der Waals surface area contributed by atoms with E-state index in [1.165, 1.54) is 24.6 Å². The molecule has 2 aromatic heterocycles. The molecule has 0 aromatic carbocycles. The Morgan fingerprint density at radius 1 is 1.31 bits per heavy atom. The van der Waals surface area contributed by atoms with E-state index in [0.717, 1.165) is 5.82 Å². The first-order chi connectivity index (χ1) is 13.9. The summed E-state index contributed by atoms with van der Waals surface area (Å²) < 4.78 is 1.88. The van der Waals surface area contributed by atoms with Crippen LogP contribution in [0.1, 0.15) is 39.2 Å². The number of rotatable bonds is 7. The van der Waals surface area contributed by atoms with Gasteiger partial charge in [-0.25, -0.2) is 15.0 Å². The van der Waals surface area contributed by atoms with E-state index < -0.39 is 17.6 Å². The number of aliphatic hydroxyl groups excluding tert-OH is 3. The van der Waals surface area contributed by atoms with Gasteiger partial charge in [0.15, 0.2) is 22.1 Å². The van der Waals surface area contributed by atoms with E-state index in [4.69, 9.17) is 4.98 Å². The standard InChI is InChI=1S/C20H29N5O3S/c1-9(2)12(10-4-5-10)22-17-13-18(24-19(23-17)29-3)25(8-21-13)14-11-6-20(11,7-26)16(28)15(14)27/h8-12,14-16,26-28H,4-7H2,1-3H3,(H,22,23,24)/t11-,12-,14-,15+,16+,20+/m1/s1. The number of nitrogens with one attached hydrogen (secondary N) is 1. The second-order valence-corrected chi connectivity index (χ2v) is 10.0. The fourth-order valence-electron chi connectivity index (χ4n) is 5.30. The Morgan fingerprint density at radius 2 is 2.07 bits per heavy atom. The van der Waals surface area contributed by atoms with Crippen molar-refractivity contribution in [2.75, 3.05) is 18.2 Å². The van der Waals surface area contributed by atoms with Crippen LogP contribution in [0.3, 0.4) is 0 Å². The van der Waals surface area contributed by atoms with Gasteiger partial charge in [-0.3, -0.25) is 0 Å². The maximum Gasteiger partial charge on any atom is 0.191 e. The molecule has 29 heavy (non-hydrogen) atoms. The molecular formula is C20H29N5O3S. The van der Waals surface area contributed by atoms with Gasteiger partial charge in [0, 0.05) is 11.5 Å². The fourth-order valence-corrected chi connectivity index (χ4v) is 5.66. The van der Waals surface area contributed by atoms with Gasteiger partial charge in [0.25, 0.3) is 0 Å². The van der Waals surface area contributed by atoms with E-state index in [-0.39, 0.29) is 18.6 Å². The molecule has 3 aliphatic rings. The SMILES string of the molecule is CSc1nc(N[C@H](C(C)C)C2CC2)c2ncn([C@H]3[C@H](O)[C@H](O)[C@]4(CO)C[C@H]34)c2n1. The largest absolute Gasteiger partial charge is 0.396 e. The average molecular weight is 420 g/mol. The average Bonchev–Trinajstić information content (AvgIpc) is 3.61. The van der Waals surface area contributed by atoms with Gasteiger partial charge in [0.2, 0.25) is 0 Å². The molecule has 0 amide bonds. The molecule has 0 bridgehead atoms. The molecule has 0 radical (unpaired) electrons. The monoisotopic (exact) mass is 419 g/mol. The maximum absolute atomic E-state index is 10.7. The fraction of sp³-hybridized carbons (Fsp3) is 0.750. The summed E-state index contributed by atoms with van der Waals surface area (Å²) in [5.74, 6) is 1.91. The molecule has 5 rings (SSSR count). The summed E-state index contributed by atoms with van der Waals surface area (Å²) >= 11 is 1.47. The first-order valence-electron chi connectivity index (χ1n) is 10.4. The number of anilines is 1. The lowest BCUT2D eigenvalue weighted by Crippen LogP contribution is -2.35. The first kappa shape index (κ1) is 19.5. The summed E-state index contributed by atoms with van der Waals surface area (Å²) in [4.78, 5) is 14.0. The van der Waals surface area contributed by atoms with Crippen LogP contribution >= 0.6 is 11.8 Å². The maximum atomic E-state index is 10.7. The molecule has 9 heteroatoms. The molecule has 0 saturated heterocycles. The second-order valence-electron chi connectivity index (χ2n) is 9.26. The van der Waals surface area contributed by atoms with Crippen molar-refractivity contribution < 1.29 is 15.3 Å². The van der Waals surface area contributed by atoms with Crippen LogP contribution in [0.4, 0.5) is 5.82 Å². The van der Waals surface area contributed by atoms with Crippen LogP contribution in [0.5, 0.6) is 0 Å². The lowest BCUT2D eigenvalue weighted by atomic mass is 9.99. The minimum Gasteiger partial charge on any atom is -0.396 e. The molecule has 3 aliphatic carbocycles. The van der Waals surface area contributed by atoms with Gasteiger partial charge in [-0.2, -0.15) is 0 Å². The Kier molecular flexibility index (Phi) is 4.58. The van der Waals surface area contributed by atoms with E-state index >= 15 is 0 Å². The van der Waals surface area contributed by atoms with Crippen LogP contribution in [-0.4, -0.2) is 66.0 Å². The normalized spacial score (nSPS) is 34.6. The Balaban J connectivity index is 1.55. The highest BCUT2D eigenvalue weighted by Crippen LogP contribution is 2.67. The highest BCUT2D eigenvalue weighted by atomic mass is 32.2. The predicted molar refractivity (Wildman–Crippen MR) is 111 cm³/mol. The minimum absolute atomic E-state index is 0.0221. The van der Waals surface area contributed by atoms with E-state index in [2.05, 4.69) is 29.1 Å². The zero-order valence-electron chi connectivity index (χ0n) is 17.0. The van der Waals surface area contributed by atoms with E-state index in [9.17, 15) is 15.3 Å². The van der Waals surface area contributed by atoms with Crippen LogP contribution in [0.25, 0.3) is 11.2 Å². The van der Waals surface area contributed by atoms with Gasteiger partial charge in [0.05, 0.1) is 25.1 Å². The van der Waals surface area contributed by atoms with E-state index in [1.807, 2.05) is 10.8 Å². The van der Waals surface area contributed by atoms with Crippen LogP contribution in [0.15, 0.2) is 11.5 Å². The molecule has 0 unspecified atom stereocenters. The zero-order chi connectivity index (χ0) is 20.5. The van der Waals surface area contributed by atoms with Gasteiger partial charge in [-0.1, -0.05) is 25.6 Å². The van der Waals surface area contributed by atoms with Crippen molar-refractivity contribution >= 4 is 28.7 Å². The molecule has 158 valence electrons. The molecule has 2 heterocycles. The van der Waals surface area contributed by atoms with Crippen LogP contribution in [0, 0.1) is 23.2 Å². The Labute approximate surface area is 174 Å². The van der Waals surface area contributed by atoms with Crippen LogP contribution in [0.2, 0.25) is 0 Å². The van der Waals surface area contributed by atoms with Crippen LogP contribution in [-0.2, 0) is 0 Å². The summed E-state index contributed by atoms with van der Waals surface area (Å²) in [6.45, 7) is 4.33. The van der Waals surface area contributed by atoms with E-state index in [0.29, 0.717) is 40.6 Å². The van der Waals surface area contributed by atoms with Gasteiger partial charge >= 0.3 is 0 Å². The smallest absolute Gasteiger partial charge is 0.191 e. The third kappa shape index (κ3) is 2.89. The molecule has 4 N–H and O–H groups in total. The van der Waals surface area contributed by atoms with Crippen LogP contribution < -0.4 is 5.32 Å². The number of fused-ring (bicyclic) bond motifs is 2. The van der Waals surface area contributed by atoms with Gasteiger partial charge in [0.1, 0.15) is 6.10 Å². The second kappa shape index (κ2) is 6.80. The Hall–Kier alpha value is -1.42. The number of hydrogen-bond donors (Lipinski definition) is 4. The Bertz CT molecular complexity index is 930. The molecule has 3 fully saturated rings. The molecule has 6 atom stereocenters. The van der Waals surface area contributed by atoms with Crippen molar-refractivity contribution in [3.63, 3.8) is 0 Å². The third-order valence-corrected chi connectivity index (χ3v) is 7.75. The summed E-state index contributed by atoms with van der Waals surface area (Å²) in [6.07, 6.45) is 4.95. The third-order valence-electron chi connectivity index (χ3n) is 7.20. The summed E-state index contributed by atoms with van der Waals surface area (Å²) in [5.41, 5.74) is 0.770. The van der Waals surface area contributed by atoms with Crippen molar-refractivity contribution in [2.45, 2.75) is 62.6 Å². The lowest BCUT2D eigenvalue weighted by molar-refractivity contribution is -0.0300. The van der Waals surface area contributed by atoms with Gasteiger partial charge < -0.3 is 25.2 Å². The summed E-state index contributed by atoms with van der Waals surface area (Å²) in [7, 11) is 0. The summed E-state index contributed by atoms with van der Waals surface area (Å²) in [5, 5.41) is 35.3. The van der Waals surface area contributed by atoms with Gasteiger partial charge in [-0.15, -0.1) is 0 Å². The van der Waals surface area contributed by atoms with Crippen molar-refractivity contribution in [1.29, 1.82) is 0 Å². The molecular weight excluding hydrogens is 390 g/mol. The van der Waals surface area contributed by atoms with Crippen molar-refractivity contribution in [3.8, 4) is 0 Å². The summed E-state index contributed by atoms with van der Waals surface area (Å²) in [6, 6.07) is 0.00116. The molecule has 0 aliphatic heterocycles. The van der Waals surface area contributed by atoms with E-state index in [1.54, 1.807) is 6.33 Å². The highest BCUT2D eigenvalue weighted by molar-refractivity contribution is 7.98. The minimum atomic E-state index is -0.947. The number of hydrogen-bond acceptors (Lipinski definition) is 8. The number of imidazole rings is 1. The molecule has 3 saturated carbocycles. The predicted octanol–water partition coefficient (Wildman–Crippen LogP) is 1.67.